The molecule has 3 aromatic rings. The van der Waals surface area contributed by atoms with E-state index in [1.165, 1.54) is 31.2 Å². The van der Waals surface area contributed by atoms with Gasteiger partial charge < -0.3 is 4.90 Å². The topological polar surface area (TPSA) is 87.2 Å². The largest absolute Gasteiger partial charge is 0.350 e. The van der Waals surface area contributed by atoms with Crippen molar-refractivity contribution in [1.29, 1.82) is 5.41 Å². The third kappa shape index (κ3) is 2.74. The SMILES string of the molecule is Cc1nc2ncnn2c(N2C3CCC2CC3)c1Cc1ccc(S(=O)C=N)cc1. The Morgan fingerprint density at radius 2 is 1.86 bits per heavy atom. The van der Waals surface area contributed by atoms with Crippen LogP contribution in [0.2, 0.25) is 0 Å². The highest BCUT2D eigenvalue weighted by Gasteiger charge is 2.41. The van der Waals surface area contributed by atoms with Crippen LogP contribution < -0.4 is 4.90 Å². The number of hydrogen-bond donors (Lipinski definition) is 1. The van der Waals surface area contributed by atoms with E-state index in [1.54, 1.807) is 6.33 Å². The van der Waals surface area contributed by atoms with Crippen LogP contribution in [0.15, 0.2) is 35.5 Å². The Morgan fingerprint density at radius 3 is 2.50 bits per heavy atom. The smallest absolute Gasteiger partial charge is 0.254 e. The molecule has 2 aliphatic rings. The van der Waals surface area contributed by atoms with Crippen LogP contribution in [0, 0.1) is 12.3 Å². The minimum Gasteiger partial charge on any atom is -0.350 e. The molecule has 7 nitrogen and oxygen atoms in total. The van der Waals surface area contributed by atoms with Gasteiger partial charge in [-0.15, -0.1) is 0 Å². The molecule has 144 valence electrons. The van der Waals surface area contributed by atoms with E-state index in [-0.39, 0.29) is 0 Å². The average Bonchev–Trinajstić information content (AvgIpc) is 3.44. The Balaban J connectivity index is 1.59. The lowest BCUT2D eigenvalue weighted by Gasteiger charge is -2.28. The van der Waals surface area contributed by atoms with E-state index in [0.717, 1.165) is 29.0 Å². The lowest BCUT2D eigenvalue weighted by Crippen LogP contribution is -2.32. The van der Waals surface area contributed by atoms with Gasteiger partial charge in [0.15, 0.2) is 0 Å². The number of fused-ring (bicyclic) bond motifs is 3. The van der Waals surface area contributed by atoms with Crippen molar-refractivity contribution in [3.63, 3.8) is 0 Å². The van der Waals surface area contributed by atoms with Crippen LogP contribution in [0.3, 0.4) is 0 Å². The highest BCUT2D eigenvalue weighted by molar-refractivity contribution is 7.98. The molecule has 0 spiro atoms. The van der Waals surface area contributed by atoms with Gasteiger partial charge in [0.1, 0.15) is 12.1 Å². The van der Waals surface area contributed by atoms with Crippen LogP contribution in [-0.4, -0.2) is 41.4 Å². The molecule has 0 radical (unpaired) electrons. The minimum atomic E-state index is -1.37. The zero-order valence-electron chi connectivity index (χ0n) is 15.7. The molecule has 5 rings (SSSR count). The van der Waals surface area contributed by atoms with E-state index >= 15 is 0 Å². The summed E-state index contributed by atoms with van der Waals surface area (Å²) in [6.07, 6.45) is 7.28. The van der Waals surface area contributed by atoms with Crippen LogP contribution in [0.5, 0.6) is 0 Å². The van der Waals surface area contributed by atoms with Gasteiger partial charge in [-0.1, -0.05) is 12.1 Å². The van der Waals surface area contributed by atoms with Gasteiger partial charge in [0.25, 0.3) is 5.78 Å². The first-order chi connectivity index (χ1) is 13.7. The Bertz CT molecular complexity index is 1060. The molecule has 0 amide bonds. The van der Waals surface area contributed by atoms with Gasteiger partial charge in [-0.2, -0.15) is 14.6 Å². The quantitative estimate of drug-likeness (QED) is 0.531. The van der Waals surface area contributed by atoms with Gasteiger partial charge in [-0.3, -0.25) is 5.41 Å². The Kier molecular flexibility index (Phi) is 4.23. The predicted molar refractivity (Wildman–Crippen MR) is 108 cm³/mol. The van der Waals surface area contributed by atoms with Gasteiger partial charge in [-0.25, -0.2) is 9.19 Å². The standard InChI is InChI=1S/C20H22N6OS/c1-13-18(10-14-2-8-17(9-3-14)28(27)11-21)19(26-20(24-13)22-12-23-26)25-15-4-5-16(25)7-6-15/h2-3,8-9,11-12,15-16,21H,4-7,10H2,1H3. The summed E-state index contributed by atoms with van der Waals surface area (Å²) in [4.78, 5) is 12.2. The number of nitrogens with one attached hydrogen (secondary N) is 1. The minimum absolute atomic E-state index is 0.579. The second-order valence-corrected chi connectivity index (χ2v) is 8.88. The van der Waals surface area contributed by atoms with Crippen LogP contribution >= 0.6 is 0 Å². The van der Waals surface area contributed by atoms with Gasteiger partial charge in [-0.05, 0) is 50.3 Å². The third-order valence-electron chi connectivity index (χ3n) is 6.05. The number of aromatic nitrogens is 4. The molecule has 2 fully saturated rings. The summed E-state index contributed by atoms with van der Waals surface area (Å²) < 4.78 is 13.7. The first kappa shape index (κ1) is 17.5. The van der Waals surface area contributed by atoms with Crippen molar-refractivity contribution in [2.75, 3.05) is 4.90 Å². The van der Waals surface area contributed by atoms with Crippen molar-refractivity contribution in [3.05, 3.63) is 47.4 Å². The van der Waals surface area contributed by atoms with Gasteiger partial charge in [0.05, 0.1) is 16.3 Å². The maximum Gasteiger partial charge on any atom is 0.254 e. The summed E-state index contributed by atoms with van der Waals surface area (Å²) in [5.41, 5.74) is 4.25. The molecule has 4 heterocycles. The number of aryl methyl sites for hydroxylation is 1. The van der Waals surface area contributed by atoms with Gasteiger partial charge in [0.2, 0.25) is 0 Å². The summed E-state index contributed by atoms with van der Waals surface area (Å²) in [7, 11) is -1.37. The number of rotatable bonds is 5. The van der Waals surface area contributed by atoms with Crippen molar-refractivity contribution >= 4 is 27.9 Å². The molecule has 0 aliphatic carbocycles. The summed E-state index contributed by atoms with van der Waals surface area (Å²) in [6, 6.07) is 8.82. The molecule has 0 saturated carbocycles. The molecule has 2 bridgehead atoms. The summed E-state index contributed by atoms with van der Waals surface area (Å²) in [5.74, 6) is 1.79. The number of nitrogens with zero attached hydrogens (tertiary/aromatic N) is 5. The first-order valence-electron chi connectivity index (χ1n) is 9.63. The average molecular weight is 395 g/mol. The maximum atomic E-state index is 11.8. The molecule has 2 saturated heterocycles. The van der Waals surface area contributed by atoms with E-state index in [9.17, 15) is 4.21 Å². The van der Waals surface area contributed by atoms with Crippen molar-refractivity contribution in [2.24, 2.45) is 0 Å². The van der Waals surface area contributed by atoms with E-state index in [1.807, 2.05) is 35.7 Å². The fourth-order valence-electron chi connectivity index (χ4n) is 4.71. The number of anilines is 1. The molecule has 1 atom stereocenters. The molecule has 28 heavy (non-hydrogen) atoms. The van der Waals surface area contributed by atoms with E-state index in [2.05, 4.69) is 20.0 Å². The Morgan fingerprint density at radius 1 is 1.18 bits per heavy atom. The molecular formula is C20H22N6OS. The highest BCUT2D eigenvalue weighted by atomic mass is 32.2. The van der Waals surface area contributed by atoms with Crippen LogP contribution in [-0.2, 0) is 17.2 Å². The third-order valence-corrected chi connectivity index (χ3v) is 7.00. The number of benzene rings is 1. The lowest BCUT2D eigenvalue weighted by molar-refractivity contribution is 0.576. The fraction of sp³-hybridized carbons (Fsp3) is 0.400. The van der Waals surface area contributed by atoms with Crippen LogP contribution in [0.25, 0.3) is 5.78 Å². The normalized spacial score (nSPS) is 22.1. The van der Waals surface area contributed by atoms with E-state index in [4.69, 9.17) is 5.41 Å². The lowest BCUT2D eigenvalue weighted by atomic mass is 10.0. The van der Waals surface area contributed by atoms with Crippen LogP contribution in [0.1, 0.15) is 42.5 Å². The van der Waals surface area contributed by atoms with Crippen LogP contribution in [0.4, 0.5) is 5.82 Å². The summed E-state index contributed by atoms with van der Waals surface area (Å²) in [6.45, 7) is 2.05. The molecular weight excluding hydrogens is 372 g/mol. The number of hydrogen-bond acceptors (Lipinski definition) is 6. The predicted octanol–water partition coefficient (Wildman–Crippen LogP) is 2.87. The van der Waals surface area contributed by atoms with Gasteiger partial charge >= 0.3 is 0 Å². The Hall–Kier alpha value is -2.61. The maximum absolute atomic E-state index is 11.8. The summed E-state index contributed by atoms with van der Waals surface area (Å²) >= 11 is 0. The molecule has 2 aliphatic heterocycles. The Labute approximate surface area is 165 Å². The molecule has 1 N–H and O–H groups in total. The first-order valence-corrected chi connectivity index (χ1v) is 10.8. The zero-order chi connectivity index (χ0) is 19.3. The molecule has 1 unspecified atom stereocenters. The molecule has 2 aromatic heterocycles. The monoisotopic (exact) mass is 394 g/mol. The van der Waals surface area contributed by atoms with Crippen molar-refractivity contribution in [1.82, 2.24) is 19.6 Å². The summed E-state index contributed by atoms with van der Waals surface area (Å²) in [5, 5.41) is 11.7. The molecule has 1 aromatic carbocycles. The molecule has 8 heteroatoms. The van der Waals surface area contributed by atoms with Crippen molar-refractivity contribution in [2.45, 2.75) is 56.0 Å². The van der Waals surface area contributed by atoms with Crippen molar-refractivity contribution in [3.8, 4) is 0 Å². The van der Waals surface area contributed by atoms with E-state index in [0.29, 0.717) is 22.8 Å². The zero-order valence-corrected chi connectivity index (χ0v) is 16.5. The van der Waals surface area contributed by atoms with Gasteiger partial charge in [0, 0.05) is 34.7 Å². The van der Waals surface area contributed by atoms with E-state index < -0.39 is 10.8 Å². The highest BCUT2D eigenvalue weighted by Crippen LogP contribution is 2.42. The fourth-order valence-corrected chi connectivity index (χ4v) is 5.25. The second kappa shape index (κ2) is 6.77. The van der Waals surface area contributed by atoms with Crippen molar-refractivity contribution < 1.29 is 4.21 Å². The second-order valence-electron chi connectivity index (χ2n) is 7.58.